The highest BCUT2D eigenvalue weighted by Gasteiger charge is 2.19. The highest BCUT2D eigenvalue weighted by atomic mass is 16.6. The molecule has 1 atom stereocenters. The minimum absolute atomic E-state index is 0.0601. The molecule has 0 aliphatic carbocycles. The lowest BCUT2D eigenvalue weighted by Crippen LogP contribution is -2.25. The molecule has 0 saturated heterocycles. The van der Waals surface area contributed by atoms with Gasteiger partial charge in [0.15, 0.2) is 5.69 Å². The van der Waals surface area contributed by atoms with Gasteiger partial charge >= 0.3 is 11.8 Å². The van der Waals surface area contributed by atoms with Gasteiger partial charge in [-0.25, -0.2) is 0 Å². The number of hydrogen-bond donors (Lipinski definition) is 3. The number of nitrogens with zero attached hydrogens (tertiary/aromatic N) is 2. The van der Waals surface area contributed by atoms with Crippen LogP contribution in [-0.2, 0) is 4.79 Å². The standard InChI is InChI=1S/C6H8N4O4/c1-3(6(11)12)8-4-2-7-9-5(4)10(13)14/h2-3,8H,1H3,(H,7,9)(H,11,12). The van der Waals surface area contributed by atoms with Gasteiger partial charge in [0.25, 0.3) is 0 Å². The van der Waals surface area contributed by atoms with Crippen molar-refractivity contribution in [1.82, 2.24) is 10.2 Å². The fourth-order valence-electron chi connectivity index (χ4n) is 0.819. The molecule has 0 fully saturated rings. The molecule has 0 aliphatic heterocycles. The van der Waals surface area contributed by atoms with Crippen LogP contribution in [-0.4, -0.2) is 32.2 Å². The van der Waals surface area contributed by atoms with Crippen LogP contribution in [0.1, 0.15) is 6.92 Å². The van der Waals surface area contributed by atoms with E-state index in [-0.39, 0.29) is 11.5 Å². The van der Waals surface area contributed by atoms with E-state index in [1.807, 2.05) is 0 Å². The monoisotopic (exact) mass is 200 g/mol. The number of carbonyl (C=O) groups is 1. The lowest BCUT2D eigenvalue weighted by molar-refractivity contribution is -0.388. The number of hydrogen-bond acceptors (Lipinski definition) is 5. The predicted molar refractivity (Wildman–Crippen MR) is 46.0 cm³/mol. The van der Waals surface area contributed by atoms with Crippen LogP contribution in [0.25, 0.3) is 0 Å². The van der Waals surface area contributed by atoms with Crippen LogP contribution in [0.5, 0.6) is 0 Å². The third-order valence-corrected chi connectivity index (χ3v) is 1.54. The van der Waals surface area contributed by atoms with Gasteiger partial charge in [-0.05, 0) is 11.8 Å². The van der Waals surface area contributed by atoms with Crippen molar-refractivity contribution in [2.75, 3.05) is 5.32 Å². The molecule has 0 amide bonds. The molecule has 1 rings (SSSR count). The van der Waals surface area contributed by atoms with Gasteiger partial charge in [-0.15, -0.1) is 5.10 Å². The van der Waals surface area contributed by atoms with Crippen molar-refractivity contribution >= 4 is 17.5 Å². The summed E-state index contributed by atoms with van der Waals surface area (Å²) in [5.41, 5.74) is 0.0601. The minimum Gasteiger partial charge on any atom is -0.480 e. The average Bonchev–Trinajstić information content (AvgIpc) is 2.52. The molecule has 0 saturated carbocycles. The normalized spacial score (nSPS) is 12.1. The first-order chi connectivity index (χ1) is 6.52. The lowest BCUT2D eigenvalue weighted by Gasteiger charge is -2.07. The molecule has 0 radical (unpaired) electrons. The van der Waals surface area contributed by atoms with E-state index < -0.39 is 16.9 Å². The molecule has 1 aromatic heterocycles. The zero-order valence-corrected chi connectivity index (χ0v) is 7.22. The molecule has 8 nitrogen and oxygen atoms in total. The molecule has 76 valence electrons. The Labute approximate surface area is 78.1 Å². The van der Waals surface area contributed by atoms with E-state index in [0.29, 0.717) is 0 Å². The first-order valence-electron chi connectivity index (χ1n) is 3.69. The number of aliphatic carboxylic acids is 1. The Morgan fingerprint density at radius 3 is 3.00 bits per heavy atom. The van der Waals surface area contributed by atoms with E-state index in [1.54, 1.807) is 0 Å². The van der Waals surface area contributed by atoms with Gasteiger partial charge in [-0.2, -0.15) is 0 Å². The highest BCUT2D eigenvalue weighted by Crippen LogP contribution is 2.20. The molecule has 0 aromatic carbocycles. The number of aromatic nitrogens is 2. The molecular formula is C6H8N4O4. The fourth-order valence-corrected chi connectivity index (χ4v) is 0.819. The van der Waals surface area contributed by atoms with Gasteiger partial charge in [0, 0.05) is 0 Å². The Bertz CT molecular complexity index is 360. The van der Waals surface area contributed by atoms with Crippen molar-refractivity contribution in [3.63, 3.8) is 0 Å². The van der Waals surface area contributed by atoms with Crippen LogP contribution in [0.3, 0.4) is 0 Å². The number of carboxylic acid groups (broad SMARTS) is 1. The number of aromatic amines is 1. The maximum Gasteiger partial charge on any atom is 0.366 e. The van der Waals surface area contributed by atoms with E-state index in [1.165, 1.54) is 6.92 Å². The zero-order chi connectivity index (χ0) is 10.7. The number of rotatable bonds is 4. The first-order valence-corrected chi connectivity index (χ1v) is 3.69. The van der Waals surface area contributed by atoms with Gasteiger partial charge in [0.05, 0.1) is 0 Å². The number of carboxylic acids is 1. The molecule has 14 heavy (non-hydrogen) atoms. The number of nitrogens with one attached hydrogen (secondary N) is 2. The predicted octanol–water partition coefficient (Wildman–Crippen LogP) is 0.203. The Kier molecular flexibility index (Phi) is 2.65. The van der Waals surface area contributed by atoms with Crippen LogP contribution < -0.4 is 5.32 Å². The number of H-pyrrole nitrogens is 1. The largest absolute Gasteiger partial charge is 0.480 e. The van der Waals surface area contributed by atoms with Gasteiger partial charge in [-0.3, -0.25) is 4.79 Å². The Hall–Kier alpha value is -2.12. The maximum absolute atomic E-state index is 10.4. The molecule has 8 heteroatoms. The summed E-state index contributed by atoms with van der Waals surface area (Å²) in [6.45, 7) is 1.37. The van der Waals surface area contributed by atoms with Crippen molar-refractivity contribution in [2.45, 2.75) is 13.0 Å². The van der Waals surface area contributed by atoms with Crippen LogP contribution in [0.2, 0.25) is 0 Å². The van der Waals surface area contributed by atoms with Crippen molar-refractivity contribution < 1.29 is 14.8 Å². The van der Waals surface area contributed by atoms with Crippen LogP contribution >= 0.6 is 0 Å². The summed E-state index contributed by atoms with van der Waals surface area (Å²) in [7, 11) is 0. The second kappa shape index (κ2) is 3.73. The molecular weight excluding hydrogens is 192 g/mol. The Morgan fingerprint density at radius 1 is 1.86 bits per heavy atom. The smallest absolute Gasteiger partial charge is 0.366 e. The quantitative estimate of drug-likeness (QED) is 0.471. The molecule has 1 aromatic rings. The number of nitro groups is 1. The van der Waals surface area contributed by atoms with E-state index >= 15 is 0 Å². The van der Waals surface area contributed by atoms with Gasteiger partial charge in [-0.1, -0.05) is 5.10 Å². The third-order valence-electron chi connectivity index (χ3n) is 1.54. The molecule has 1 heterocycles. The van der Waals surface area contributed by atoms with Gasteiger partial charge < -0.3 is 20.5 Å². The summed E-state index contributed by atoms with van der Waals surface area (Å²) < 4.78 is 0. The Morgan fingerprint density at radius 2 is 2.50 bits per heavy atom. The van der Waals surface area contributed by atoms with Crippen molar-refractivity contribution in [3.05, 3.63) is 16.3 Å². The minimum atomic E-state index is -1.10. The first kappa shape index (κ1) is 9.96. The zero-order valence-electron chi connectivity index (χ0n) is 7.22. The molecule has 0 spiro atoms. The molecule has 1 unspecified atom stereocenters. The van der Waals surface area contributed by atoms with Gasteiger partial charge in [0.2, 0.25) is 0 Å². The maximum atomic E-state index is 10.4. The van der Waals surface area contributed by atoms with E-state index in [4.69, 9.17) is 5.11 Å². The summed E-state index contributed by atoms with van der Waals surface area (Å²) in [6.07, 6.45) is 1.16. The second-order valence-corrected chi connectivity index (χ2v) is 2.59. The fraction of sp³-hybridized carbons (Fsp3) is 0.333. The molecule has 0 bridgehead atoms. The van der Waals surface area contributed by atoms with Crippen molar-refractivity contribution in [1.29, 1.82) is 0 Å². The van der Waals surface area contributed by atoms with Crippen LogP contribution in [0.15, 0.2) is 6.20 Å². The summed E-state index contributed by atoms with van der Waals surface area (Å²) in [6, 6.07) is -0.911. The second-order valence-electron chi connectivity index (χ2n) is 2.59. The average molecular weight is 200 g/mol. The third kappa shape index (κ3) is 1.97. The van der Waals surface area contributed by atoms with Gasteiger partial charge in [0.1, 0.15) is 12.2 Å². The summed E-state index contributed by atoms with van der Waals surface area (Å²) >= 11 is 0. The summed E-state index contributed by atoms with van der Waals surface area (Å²) in [4.78, 5) is 20.1. The van der Waals surface area contributed by atoms with E-state index in [0.717, 1.165) is 6.20 Å². The topological polar surface area (TPSA) is 121 Å². The van der Waals surface area contributed by atoms with Crippen LogP contribution in [0.4, 0.5) is 11.5 Å². The summed E-state index contributed by atoms with van der Waals surface area (Å²) in [5.74, 6) is -1.45. The number of anilines is 1. The van der Waals surface area contributed by atoms with Crippen molar-refractivity contribution in [2.24, 2.45) is 0 Å². The Balaban J connectivity index is 2.81. The molecule has 0 aliphatic rings. The van der Waals surface area contributed by atoms with E-state index in [2.05, 4.69) is 15.5 Å². The van der Waals surface area contributed by atoms with Crippen LogP contribution in [0, 0.1) is 10.1 Å². The van der Waals surface area contributed by atoms with Crippen molar-refractivity contribution in [3.8, 4) is 0 Å². The SMILES string of the molecule is CC(Nc1cn[nH]c1[N+](=O)[O-])C(=O)O. The molecule has 3 N–H and O–H groups in total. The lowest BCUT2D eigenvalue weighted by atomic mass is 10.3. The van der Waals surface area contributed by atoms with E-state index in [9.17, 15) is 14.9 Å². The highest BCUT2D eigenvalue weighted by molar-refractivity contribution is 5.77. The summed E-state index contributed by atoms with van der Waals surface area (Å²) in [5, 5.41) is 26.9.